The van der Waals surface area contributed by atoms with Crippen molar-refractivity contribution in [3.63, 3.8) is 0 Å². The lowest BCUT2D eigenvalue weighted by Gasteiger charge is -2.06. The number of rotatable bonds is 4. The molecule has 2 rings (SSSR count). The Morgan fingerprint density at radius 3 is 2.93 bits per heavy atom. The fraction of sp³-hybridized carbons (Fsp3) is 0.400. The maximum atomic E-state index is 10.9. The second-order valence-corrected chi connectivity index (χ2v) is 4.15. The minimum absolute atomic E-state index is 0.209. The number of thioether (sulfide) groups is 1. The number of aromatic nitrogens is 1. The topological polar surface area (TPSA) is 59.4 Å². The molecule has 80 valence electrons. The van der Waals surface area contributed by atoms with E-state index in [0.29, 0.717) is 10.8 Å². The summed E-state index contributed by atoms with van der Waals surface area (Å²) in [5.41, 5.74) is 0.209. The fourth-order valence-electron chi connectivity index (χ4n) is 1.19. The van der Waals surface area contributed by atoms with E-state index in [2.05, 4.69) is 4.98 Å². The van der Waals surface area contributed by atoms with Crippen molar-refractivity contribution >= 4 is 17.7 Å². The van der Waals surface area contributed by atoms with E-state index in [0.717, 1.165) is 12.8 Å². The first-order chi connectivity index (χ1) is 7.20. The van der Waals surface area contributed by atoms with E-state index in [4.69, 9.17) is 9.84 Å². The van der Waals surface area contributed by atoms with E-state index < -0.39 is 5.97 Å². The highest BCUT2D eigenvalue weighted by atomic mass is 32.2. The monoisotopic (exact) mass is 225 g/mol. The smallest absolute Gasteiger partial charge is 0.338 e. The van der Waals surface area contributed by atoms with Crippen molar-refractivity contribution in [2.24, 2.45) is 0 Å². The van der Waals surface area contributed by atoms with Crippen LogP contribution in [0.2, 0.25) is 0 Å². The number of carboxylic acids is 1. The van der Waals surface area contributed by atoms with E-state index in [1.807, 2.05) is 0 Å². The first kappa shape index (κ1) is 10.3. The first-order valence-electron chi connectivity index (χ1n) is 4.64. The third kappa shape index (κ3) is 2.41. The Labute approximate surface area is 91.7 Å². The molecule has 1 heterocycles. The third-order valence-corrected chi connectivity index (χ3v) is 2.79. The molecular formula is C10H11NO3S. The first-order valence-corrected chi connectivity index (χ1v) is 5.87. The lowest BCUT2D eigenvalue weighted by Crippen LogP contribution is -2.03. The van der Waals surface area contributed by atoms with Gasteiger partial charge in [-0.2, -0.15) is 0 Å². The summed E-state index contributed by atoms with van der Waals surface area (Å²) in [5.74, 6) is -0.416. The summed E-state index contributed by atoms with van der Waals surface area (Å²) in [4.78, 5) is 15.0. The number of carboxylic acid groups (broad SMARTS) is 1. The molecule has 0 aromatic carbocycles. The molecule has 0 bridgehead atoms. The summed E-state index contributed by atoms with van der Waals surface area (Å²) in [6, 6.07) is 1.54. The molecule has 0 spiro atoms. The molecule has 5 heteroatoms. The summed E-state index contributed by atoms with van der Waals surface area (Å²) in [5, 5.41) is 9.48. The van der Waals surface area contributed by atoms with Crippen LogP contribution < -0.4 is 4.74 Å². The minimum Gasteiger partial charge on any atom is -0.489 e. The number of nitrogens with zero attached hydrogens (tertiary/aromatic N) is 1. The van der Waals surface area contributed by atoms with E-state index >= 15 is 0 Å². The van der Waals surface area contributed by atoms with Gasteiger partial charge < -0.3 is 9.84 Å². The van der Waals surface area contributed by atoms with Crippen LogP contribution in [0.1, 0.15) is 23.2 Å². The molecule has 0 unspecified atom stereocenters. The zero-order valence-electron chi connectivity index (χ0n) is 8.27. The van der Waals surface area contributed by atoms with Gasteiger partial charge >= 0.3 is 5.97 Å². The van der Waals surface area contributed by atoms with Gasteiger partial charge in [-0.05, 0) is 25.2 Å². The van der Waals surface area contributed by atoms with Crippen molar-refractivity contribution in [1.82, 2.24) is 4.98 Å². The second-order valence-electron chi connectivity index (χ2n) is 3.35. The third-order valence-electron chi connectivity index (χ3n) is 2.08. The quantitative estimate of drug-likeness (QED) is 0.794. The van der Waals surface area contributed by atoms with E-state index in [1.165, 1.54) is 11.8 Å². The van der Waals surface area contributed by atoms with Crippen LogP contribution in [0, 0.1) is 0 Å². The summed E-state index contributed by atoms with van der Waals surface area (Å²) < 4.78 is 5.48. The lowest BCUT2D eigenvalue weighted by atomic mass is 10.3. The van der Waals surface area contributed by atoms with E-state index in [1.54, 1.807) is 18.5 Å². The summed E-state index contributed by atoms with van der Waals surface area (Å²) in [7, 11) is 0. The highest BCUT2D eigenvalue weighted by molar-refractivity contribution is 7.98. The zero-order chi connectivity index (χ0) is 10.8. The maximum Gasteiger partial charge on any atom is 0.338 e. The molecule has 1 fully saturated rings. The van der Waals surface area contributed by atoms with Crippen molar-refractivity contribution in [2.75, 3.05) is 6.26 Å². The molecule has 1 aromatic heterocycles. The van der Waals surface area contributed by atoms with E-state index in [9.17, 15) is 4.79 Å². The molecule has 4 nitrogen and oxygen atoms in total. The van der Waals surface area contributed by atoms with Crippen LogP contribution in [0.15, 0.2) is 17.3 Å². The Hall–Kier alpha value is -1.23. The van der Waals surface area contributed by atoms with Gasteiger partial charge in [-0.15, -0.1) is 11.8 Å². The van der Waals surface area contributed by atoms with Crippen LogP contribution in [0.5, 0.6) is 5.75 Å². The number of carbonyl (C=O) groups is 1. The summed E-state index contributed by atoms with van der Waals surface area (Å²) in [6.45, 7) is 0. The van der Waals surface area contributed by atoms with E-state index in [-0.39, 0.29) is 11.7 Å². The second kappa shape index (κ2) is 4.10. The van der Waals surface area contributed by atoms with Crippen LogP contribution >= 0.6 is 11.8 Å². The number of hydrogen-bond acceptors (Lipinski definition) is 4. The number of ether oxygens (including phenoxy) is 1. The van der Waals surface area contributed by atoms with Gasteiger partial charge in [0.2, 0.25) is 0 Å². The minimum atomic E-state index is -0.965. The number of aromatic carboxylic acids is 1. The van der Waals surface area contributed by atoms with Gasteiger partial charge in [0.1, 0.15) is 10.8 Å². The molecule has 15 heavy (non-hydrogen) atoms. The van der Waals surface area contributed by atoms with Gasteiger partial charge in [0, 0.05) is 0 Å². The average Bonchev–Trinajstić information content (AvgIpc) is 3.01. The van der Waals surface area contributed by atoms with Crippen molar-refractivity contribution in [2.45, 2.75) is 24.0 Å². The van der Waals surface area contributed by atoms with Gasteiger partial charge in [-0.25, -0.2) is 9.78 Å². The van der Waals surface area contributed by atoms with Gasteiger partial charge in [0.15, 0.2) is 0 Å². The molecule has 1 N–H and O–H groups in total. The molecule has 0 atom stereocenters. The number of hydrogen-bond donors (Lipinski definition) is 1. The SMILES string of the molecule is CSc1ncc(OC2CC2)cc1C(=O)O. The predicted molar refractivity (Wildman–Crippen MR) is 56.6 cm³/mol. The highest BCUT2D eigenvalue weighted by Crippen LogP contribution is 2.28. The van der Waals surface area contributed by atoms with Crippen molar-refractivity contribution in [3.8, 4) is 5.75 Å². The normalized spacial score (nSPS) is 15.0. The Balaban J connectivity index is 2.26. The van der Waals surface area contributed by atoms with Crippen molar-refractivity contribution < 1.29 is 14.6 Å². The Kier molecular flexibility index (Phi) is 2.81. The predicted octanol–water partition coefficient (Wildman–Crippen LogP) is 2.04. The van der Waals surface area contributed by atoms with Crippen molar-refractivity contribution in [1.29, 1.82) is 0 Å². The van der Waals surface area contributed by atoms with Gasteiger partial charge in [0.05, 0.1) is 17.9 Å². The zero-order valence-corrected chi connectivity index (χ0v) is 9.08. The fourth-order valence-corrected chi connectivity index (χ4v) is 1.72. The van der Waals surface area contributed by atoms with Crippen molar-refractivity contribution in [3.05, 3.63) is 17.8 Å². The molecule has 1 aromatic rings. The van der Waals surface area contributed by atoms with Crippen LogP contribution in [-0.2, 0) is 0 Å². The molecular weight excluding hydrogens is 214 g/mol. The van der Waals surface area contributed by atoms with Crippen LogP contribution in [-0.4, -0.2) is 28.4 Å². The Morgan fingerprint density at radius 2 is 2.40 bits per heavy atom. The standard InChI is InChI=1S/C10H11NO3S/c1-15-9-8(10(12)13)4-7(5-11-9)14-6-2-3-6/h4-6H,2-3H2,1H3,(H,12,13). The van der Waals surface area contributed by atoms with Gasteiger partial charge in [0.25, 0.3) is 0 Å². The van der Waals surface area contributed by atoms with Crippen LogP contribution in [0.3, 0.4) is 0 Å². The van der Waals surface area contributed by atoms with Crippen LogP contribution in [0.4, 0.5) is 0 Å². The molecule has 1 aliphatic carbocycles. The highest BCUT2D eigenvalue weighted by Gasteiger charge is 2.24. The lowest BCUT2D eigenvalue weighted by molar-refractivity contribution is 0.0691. The van der Waals surface area contributed by atoms with Gasteiger partial charge in [-0.1, -0.05) is 0 Å². The molecule has 0 radical (unpaired) electrons. The largest absolute Gasteiger partial charge is 0.489 e. The molecule has 1 aliphatic rings. The molecule has 0 amide bonds. The van der Waals surface area contributed by atoms with Gasteiger partial charge in [-0.3, -0.25) is 0 Å². The van der Waals surface area contributed by atoms with Crippen LogP contribution in [0.25, 0.3) is 0 Å². The Morgan fingerprint density at radius 1 is 1.67 bits per heavy atom. The average molecular weight is 225 g/mol. The summed E-state index contributed by atoms with van der Waals surface area (Å²) in [6.07, 6.45) is 5.74. The Bertz CT molecular complexity index is 390. The molecule has 1 saturated carbocycles. The maximum absolute atomic E-state index is 10.9. The summed E-state index contributed by atoms with van der Waals surface area (Å²) >= 11 is 1.32. The molecule has 0 saturated heterocycles. The molecule has 0 aliphatic heterocycles. The number of pyridine rings is 1.